The molecule has 0 aliphatic heterocycles. The summed E-state index contributed by atoms with van der Waals surface area (Å²) in [6.07, 6.45) is 0.352. The van der Waals surface area contributed by atoms with Crippen LogP contribution in [0.15, 0.2) is 30.3 Å². The molecule has 0 bridgehead atoms. The van der Waals surface area contributed by atoms with Crippen molar-refractivity contribution in [1.29, 1.82) is 5.26 Å². The van der Waals surface area contributed by atoms with E-state index < -0.39 is 0 Å². The molecule has 0 atom stereocenters. The minimum atomic E-state index is -0.0911. The number of carbonyl (C=O) groups excluding carboxylic acids is 1. The highest BCUT2D eigenvalue weighted by Crippen LogP contribution is 2.08. The number of amides is 1. The van der Waals surface area contributed by atoms with Gasteiger partial charge >= 0.3 is 0 Å². The van der Waals surface area contributed by atoms with E-state index in [1.807, 2.05) is 31.2 Å². The van der Waals surface area contributed by atoms with Crippen LogP contribution in [-0.2, 0) is 4.79 Å². The molecule has 17 heavy (non-hydrogen) atoms. The lowest BCUT2D eigenvalue weighted by atomic mass is 10.3. The fourth-order valence-corrected chi connectivity index (χ4v) is 1.40. The Morgan fingerprint density at radius 2 is 2.12 bits per heavy atom. The van der Waals surface area contributed by atoms with Crippen molar-refractivity contribution in [3.05, 3.63) is 30.3 Å². The summed E-state index contributed by atoms with van der Waals surface area (Å²) in [4.78, 5) is 13.4. The standard InChI is InChI=1S/C13H16N2O2/c1-2-15(10-6-9-14)13(16)11-17-12-7-4-3-5-8-12/h3-5,7-8H,2,6,10-11H2,1H3. The lowest BCUT2D eigenvalue weighted by molar-refractivity contribution is -0.133. The first-order chi connectivity index (χ1) is 8.27. The Kier molecular flexibility index (Phi) is 5.59. The van der Waals surface area contributed by atoms with Gasteiger partial charge in [0, 0.05) is 13.1 Å². The largest absolute Gasteiger partial charge is 0.484 e. The van der Waals surface area contributed by atoms with Crippen molar-refractivity contribution in [1.82, 2.24) is 4.90 Å². The van der Waals surface area contributed by atoms with Gasteiger partial charge in [0.1, 0.15) is 5.75 Å². The summed E-state index contributed by atoms with van der Waals surface area (Å²) in [5, 5.41) is 8.48. The Balaban J connectivity index is 2.40. The van der Waals surface area contributed by atoms with E-state index in [9.17, 15) is 4.79 Å². The van der Waals surface area contributed by atoms with E-state index in [0.29, 0.717) is 25.3 Å². The lowest BCUT2D eigenvalue weighted by Gasteiger charge is -2.19. The average molecular weight is 232 g/mol. The van der Waals surface area contributed by atoms with Crippen LogP contribution >= 0.6 is 0 Å². The van der Waals surface area contributed by atoms with Gasteiger partial charge in [-0.05, 0) is 19.1 Å². The normalized spacial score (nSPS) is 9.41. The van der Waals surface area contributed by atoms with E-state index in [1.54, 1.807) is 17.0 Å². The van der Waals surface area contributed by atoms with Crippen molar-refractivity contribution >= 4 is 5.91 Å². The minimum Gasteiger partial charge on any atom is -0.484 e. The Morgan fingerprint density at radius 3 is 2.71 bits per heavy atom. The molecular weight excluding hydrogens is 216 g/mol. The second-order valence-electron chi connectivity index (χ2n) is 3.48. The molecule has 0 aromatic heterocycles. The fraction of sp³-hybridized carbons (Fsp3) is 0.385. The summed E-state index contributed by atoms with van der Waals surface area (Å²) in [6.45, 7) is 2.96. The molecular formula is C13H16N2O2. The van der Waals surface area contributed by atoms with Crippen molar-refractivity contribution in [2.45, 2.75) is 13.3 Å². The molecule has 1 aromatic carbocycles. The summed E-state index contributed by atoms with van der Waals surface area (Å²) >= 11 is 0. The molecule has 1 amide bonds. The van der Waals surface area contributed by atoms with E-state index in [1.165, 1.54) is 0 Å². The molecule has 0 heterocycles. The van der Waals surface area contributed by atoms with Crippen molar-refractivity contribution in [3.8, 4) is 11.8 Å². The molecule has 0 aliphatic rings. The fourth-order valence-electron chi connectivity index (χ4n) is 1.40. The molecule has 0 radical (unpaired) electrons. The van der Waals surface area contributed by atoms with Crippen LogP contribution in [-0.4, -0.2) is 30.5 Å². The van der Waals surface area contributed by atoms with Gasteiger partial charge in [0.05, 0.1) is 12.5 Å². The van der Waals surface area contributed by atoms with Gasteiger partial charge in [0.25, 0.3) is 5.91 Å². The van der Waals surface area contributed by atoms with Crippen molar-refractivity contribution in [2.75, 3.05) is 19.7 Å². The molecule has 0 fully saturated rings. The third kappa shape index (κ3) is 4.56. The summed E-state index contributed by atoms with van der Waals surface area (Å²) in [5.74, 6) is 0.587. The van der Waals surface area contributed by atoms with Crippen molar-refractivity contribution in [2.24, 2.45) is 0 Å². The van der Waals surface area contributed by atoms with E-state index in [4.69, 9.17) is 10.00 Å². The number of carbonyl (C=O) groups is 1. The van der Waals surface area contributed by atoms with Gasteiger partial charge in [-0.15, -0.1) is 0 Å². The van der Waals surface area contributed by atoms with E-state index in [2.05, 4.69) is 0 Å². The maximum absolute atomic E-state index is 11.7. The monoisotopic (exact) mass is 232 g/mol. The number of benzene rings is 1. The molecule has 0 aliphatic carbocycles. The van der Waals surface area contributed by atoms with Crippen LogP contribution in [0.1, 0.15) is 13.3 Å². The number of para-hydroxylation sites is 1. The van der Waals surface area contributed by atoms with Gasteiger partial charge in [-0.3, -0.25) is 4.79 Å². The number of ether oxygens (including phenoxy) is 1. The van der Waals surface area contributed by atoms with Gasteiger partial charge in [-0.2, -0.15) is 5.26 Å². The van der Waals surface area contributed by atoms with Crippen molar-refractivity contribution < 1.29 is 9.53 Å². The maximum atomic E-state index is 11.7. The Labute approximate surface area is 101 Å². The topological polar surface area (TPSA) is 53.3 Å². The van der Waals surface area contributed by atoms with Crippen molar-refractivity contribution in [3.63, 3.8) is 0 Å². The zero-order chi connectivity index (χ0) is 12.5. The number of hydrogen-bond acceptors (Lipinski definition) is 3. The van der Waals surface area contributed by atoms with E-state index in [0.717, 1.165) is 0 Å². The Bertz CT molecular complexity index is 384. The predicted molar refractivity (Wildman–Crippen MR) is 64.4 cm³/mol. The summed E-state index contributed by atoms with van der Waals surface area (Å²) in [5.41, 5.74) is 0. The molecule has 1 aromatic rings. The molecule has 0 unspecified atom stereocenters. The molecule has 90 valence electrons. The van der Waals surface area contributed by atoms with Gasteiger partial charge in [-0.1, -0.05) is 18.2 Å². The first kappa shape index (κ1) is 13.0. The molecule has 4 heteroatoms. The summed E-state index contributed by atoms with van der Waals surface area (Å²) in [6, 6.07) is 11.2. The highest BCUT2D eigenvalue weighted by atomic mass is 16.5. The van der Waals surface area contributed by atoms with Gasteiger partial charge in [0.2, 0.25) is 0 Å². The maximum Gasteiger partial charge on any atom is 0.260 e. The second-order valence-corrected chi connectivity index (χ2v) is 3.48. The molecule has 0 saturated heterocycles. The molecule has 0 spiro atoms. The first-order valence-corrected chi connectivity index (χ1v) is 5.60. The zero-order valence-electron chi connectivity index (χ0n) is 9.93. The summed E-state index contributed by atoms with van der Waals surface area (Å²) in [7, 11) is 0. The smallest absolute Gasteiger partial charge is 0.260 e. The lowest BCUT2D eigenvalue weighted by Crippen LogP contribution is -2.35. The number of rotatable bonds is 6. The highest BCUT2D eigenvalue weighted by Gasteiger charge is 2.11. The Morgan fingerprint density at radius 1 is 1.41 bits per heavy atom. The quantitative estimate of drug-likeness (QED) is 0.751. The van der Waals surface area contributed by atoms with Gasteiger partial charge in [0.15, 0.2) is 6.61 Å². The van der Waals surface area contributed by atoms with Gasteiger partial charge in [-0.25, -0.2) is 0 Å². The third-order valence-electron chi connectivity index (χ3n) is 2.33. The van der Waals surface area contributed by atoms with Gasteiger partial charge < -0.3 is 9.64 Å². The average Bonchev–Trinajstić information content (AvgIpc) is 2.38. The molecule has 4 nitrogen and oxygen atoms in total. The highest BCUT2D eigenvalue weighted by molar-refractivity contribution is 5.77. The second kappa shape index (κ2) is 7.29. The number of hydrogen-bond donors (Lipinski definition) is 0. The number of nitrogens with zero attached hydrogens (tertiary/aromatic N) is 2. The SMILES string of the molecule is CCN(CCC#N)C(=O)COc1ccccc1. The minimum absolute atomic E-state index is 0.0171. The van der Waals surface area contributed by atoms with Crippen LogP contribution in [0.2, 0.25) is 0 Å². The molecule has 0 saturated carbocycles. The van der Waals surface area contributed by atoms with Crippen LogP contribution < -0.4 is 4.74 Å². The zero-order valence-corrected chi connectivity index (χ0v) is 9.93. The molecule has 1 rings (SSSR count). The van der Waals surface area contributed by atoms with Crippen LogP contribution in [0.5, 0.6) is 5.75 Å². The molecule has 0 N–H and O–H groups in total. The Hall–Kier alpha value is -2.02. The van der Waals surface area contributed by atoms with Crippen LogP contribution in [0.4, 0.5) is 0 Å². The van der Waals surface area contributed by atoms with E-state index in [-0.39, 0.29) is 12.5 Å². The van der Waals surface area contributed by atoms with Crippen LogP contribution in [0.25, 0.3) is 0 Å². The predicted octanol–water partition coefficient (Wildman–Crippen LogP) is 1.83. The third-order valence-corrected chi connectivity index (χ3v) is 2.33. The number of likely N-dealkylation sites (N-methyl/N-ethyl adjacent to an activating group) is 1. The number of nitriles is 1. The first-order valence-electron chi connectivity index (χ1n) is 5.60. The van der Waals surface area contributed by atoms with E-state index >= 15 is 0 Å². The van der Waals surface area contributed by atoms with Crippen LogP contribution in [0.3, 0.4) is 0 Å². The van der Waals surface area contributed by atoms with Crippen LogP contribution in [0, 0.1) is 11.3 Å². The summed E-state index contributed by atoms with van der Waals surface area (Å²) < 4.78 is 5.36.